The minimum atomic E-state index is -0.361. The molecule has 0 unspecified atom stereocenters. The van der Waals surface area contributed by atoms with E-state index < -0.39 is 0 Å². The Morgan fingerprint density at radius 1 is 1.28 bits per heavy atom. The lowest BCUT2D eigenvalue weighted by Gasteiger charge is -2.09. The van der Waals surface area contributed by atoms with Crippen LogP contribution in [0.2, 0.25) is 0 Å². The summed E-state index contributed by atoms with van der Waals surface area (Å²) in [6.45, 7) is 6.41. The van der Waals surface area contributed by atoms with Crippen LogP contribution in [-0.2, 0) is 0 Å². The van der Waals surface area contributed by atoms with Gasteiger partial charge < -0.3 is 5.32 Å². The normalized spacial score (nSPS) is 10.7. The van der Waals surface area contributed by atoms with Crippen LogP contribution in [-0.4, -0.2) is 16.5 Å². The number of hydrogen-bond acceptors (Lipinski definition) is 4. The fourth-order valence-electron chi connectivity index (χ4n) is 1.63. The first-order valence-corrected chi connectivity index (χ1v) is 6.89. The predicted molar refractivity (Wildman–Crippen MR) is 73.6 cm³/mol. The Balaban J connectivity index is 2.44. The molecule has 0 fully saturated rings. The zero-order valence-electron chi connectivity index (χ0n) is 10.7. The number of aromatic nitrogens is 2. The first kappa shape index (κ1) is 13.0. The third-order valence-corrected chi connectivity index (χ3v) is 3.52. The fourth-order valence-corrected chi connectivity index (χ4v) is 2.46. The van der Waals surface area contributed by atoms with Crippen LogP contribution >= 0.6 is 11.3 Å². The van der Waals surface area contributed by atoms with Crippen molar-refractivity contribution in [2.24, 2.45) is 0 Å². The maximum Gasteiger partial charge on any atom is 0.186 e. The first-order chi connectivity index (χ1) is 8.63. The van der Waals surface area contributed by atoms with E-state index in [1.54, 1.807) is 18.3 Å². The Morgan fingerprint density at radius 3 is 2.67 bits per heavy atom. The molecule has 0 radical (unpaired) electrons. The van der Waals surface area contributed by atoms with Crippen molar-refractivity contribution in [2.45, 2.75) is 27.2 Å². The number of hydrogen-bond donors (Lipinski definition) is 1. The number of thiophene rings is 1. The van der Waals surface area contributed by atoms with Crippen molar-refractivity contribution in [1.29, 1.82) is 0 Å². The average molecular weight is 265 g/mol. The van der Waals surface area contributed by atoms with Gasteiger partial charge in [-0.2, -0.15) is 11.3 Å². The van der Waals surface area contributed by atoms with Gasteiger partial charge >= 0.3 is 0 Å². The maximum absolute atomic E-state index is 13.9. The van der Waals surface area contributed by atoms with Crippen molar-refractivity contribution >= 4 is 17.2 Å². The molecule has 96 valence electrons. The lowest BCUT2D eigenvalue weighted by Crippen LogP contribution is -2.08. The molecule has 2 heterocycles. The highest BCUT2D eigenvalue weighted by atomic mass is 32.1. The Hall–Kier alpha value is -1.49. The molecule has 2 rings (SSSR count). The van der Waals surface area contributed by atoms with Gasteiger partial charge in [-0.3, -0.25) is 0 Å². The van der Waals surface area contributed by atoms with Crippen molar-refractivity contribution in [3.8, 4) is 11.4 Å². The molecule has 0 bridgehead atoms. The van der Waals surface area contributed by atoms with Gasteiger partial charge in [0.15, 0.2) is 17.5 Å². The Bertz CT molecular complexity index is 551. The van der Waals surface area contributed by atoms with Crippen molar-refractivity contribution < 1.29 is 4.39 Å². The molecular formula is C13H16FN3S. The summed E-state index contributed by atoms with van der Waals surface area (Å²) in [4.78, 5) is 8.51. The zero-order chi connectivity index (χ0) is 13.1. The second-order valence-electron chi connectivity index (χ2n) is 4.19. The highest BCUT2D eigenvalue weighted by molar-refractivity contribution is 7.08. The van der Waals surface area contributed by atoms with Crippen LogP contribution in [0.1, 0.15) is 24.6 Å². The largest absolute Gasteiger partial charge is 0.368 e. The van der Waals surface area contributed by atoms with Gasteiger partial charge in [0.25, 0.3) is 0 Å². The molecule has 18 heavy (non-hydrogen) atoms. The zero-order valence-corrected chi connectivity index (χ0v) is 11.6. The number of anilines is 1. The molecule has 0 saturated carbocycles. The van der Waals surface area contributed by atoms with E-state index in [0.29, 0.717) is 23.9 Å². The summed E-state index contributed by atoms with van der Waals surface area (Å²) in [5, 5.41) is 7.03. The lowest BCUT2D eigenvalue weighted by atomic mass is 10.2. The molecule has 1 N–H and O–H groups in total. The molecule has 0 aromatic carbocycles. The number of aryl methyl sites for hydroxylation is 2. The van der Waals surface area contributed by atoms with Gasteiger partial charge in [0.2, 0.25) is 0 Å². The minimum absolute atomic E-state index is 0.296. The molecule has 2 aromatic heterocycles. The molecule has 3 nitrogen and oxygen atoms in total. The van der Waals surface area contributed by atoms with Crippen LogP contribution in [0.15, 0.2) is 10.8 Å². The number of rotatable bonds is 4. The summed E-state index contributed by atoms with van der Waals surface area (Å²) in [5.74, 6) is 0.524. The quantitative estimate of drug-likeness (QED) is 0.914. The summed E-state index contributed by atoms with van der Waals surface area (Å²) < 4.78 is 13.9. The summed E-state index contributed by atoms with van der Waals surface area (Å²) in [6.07, 6.45) is 0.926. The second kappa shape index (κ2) is 5.44. The maximum atomic E-state index is 13.9. The minimum Gasteiger partial charge on any atom is -0.368 e. The molecule has 0 amide bonds. The molecule has 0 aliphatic heterocycles. The van der Waals surface area contributed by atoms with Gasteiger partial charge in [-0.1, -0.05) is 6.92 Å². The Labute approximate surface area is 110 Å². The van der Waals surface area contributed by atoms with Crippen LogP contribution in [0, 0.1) is 19.7 Å². The van der Waals surface area contributed by atoms with Crippen LogP contribution in [0.5, 0.6) is 0 Å². The highest BCUT2D eigenvalue weighted by Crippen LogP contribution is 2.26. The number of nitrogens with zero attached hydrogens (tertiary/aromatic N) is 2. The third-order valence-electron chi connectivity index (χ3n) is 2.66. The molecule has 5 heteroatoms. The summed E-state index contributed by atoms with van der Waals surface area (Å²) in [6, 6.07) is 0. The van der Waals surface area contributed by atoms with Gasteiger partial charge in [-0.05, 0) is 31.2 Å². The first-order valence-electron chi connectivity index (χ1n) is 5.94. The smallest absolute Gasteiger partial charge is 0.186 e. The van der Waals surface area contributed by atoms with Gasteiger partial charge in [0.1, 0.15) is 0 Å². The van der Waals surface area contributed by atoms with Gasteiger partial charge in [-0.15, -0.1) is 0 Å². The molecule has 0 spiro atoms. The topological polar surface area (TPSA) is 37.8 Å². The Morgan fingerprint density at radius 2 is 2.06 bits per heavy atom. The number of nitrogens with one attached hydrogen (secondary N) is 1. The molecular weight excluding hydrogens is 249 g/mol. The molecule has 0 atom stereocenters. The van der Waals surface area contributed by atoms with E-state index in [2.05, 4.69) is 15.3 Å². The fraction of sp³-hybridized carbons (Fsp3) is 0.385. The van der Waals surface area contributed by atoms with Crippen molar-refractivity contribution in [1.82, 2.24) is 9.97 Å². The van der Waals surface area contributed by atoms with Gasteiger partial charge in [0, 0.05) is 17.5 Å². The monoisotopic (exact) mass is 265 g/mol. The highest BCUT2D eigenvalue weighted by Gasteiger charge is 2.13. The average Bonchev–Trinajstić information content (AvgIpc) is 2.77. The lowest BCUT2D eigenvalue weighted by molar-refractivity contribution is 0.605. The van der Waals surface area contributed by atoms with Gasteiger partial charge in [-0.25, -0.2) is 14.4 Å². The van der Waals surface area contributed by atoms with Crippen molar-refractivity contribution in [3.05, 3.63) is 27.8 Å². The number of halogens is 1. The predicted octanol–water partition coefficient (Wildman–Crippen LogP) is 3.78. The summed E-state index contributed by atoms with van der Waals surface area (Å²) >= 11 is 1.60. The summed E-state index contributed by atoms with van der Waals surface area (Å²) in [5.41, 5.74) is 2.47. The van der Waals surface area contributed by atoms with Crippen LogP contribution < -0.4 is 5.32 Å². The Kier molecular flexibility index (Phi) is 3.91. The van der Waals surface area contributed by atoms with Crippen molar-refractivity contribution in [3.63, 3.8) is 0 Å². The van der Waals surface area contributed by atoms with E-state index in [0.717, 1.165) is 17.5 Å². The SMILES string of the molecule is CCCNc1nc(-c2cscc2C)nc(C)c1F. The molecule has 0 aliphatic rings. The summed E-state index contributed by atoms with van der Waals surface area (Å²) in [7, 11) is 0. The standard InChI is InChI=1S/C13H16FN3S/c1-4-5-15-13-11(14)9(3)16-12(17-13)10-7-18-6-8(10)2/h6-7H,4-5H2,1-3H3,(H,15,16,17). The van der Waals surface area contributed by atoms with E-state index >= 15 is 0 Å². The molecule has 0 aliphatic carbocycles. The van der Waals surface area contributed by atoms with E-state index in [1.807, 2.05) is 24.6 Å². The van der Waals surface area contributed by atoms with E-state index in [9.17, 15) is 4.39 Å². The molecule has 2 aromatic rings. The van der Waals surface area contributed by atoms with Gasteiger partial charge in [0.05, 0.1) is 5.69 Å². The van der Waals surface area contributed by atoms with Crippen LogP contribution in [0.3, 0.4) is 0 Å². The third kappa shape index (κ3) is 2.51. The second-order valence-corrected chi connectivity index (χ2v) is 4.93. The van der Waals surface area contributed by atoms with E-state index in [-0.39, 0.29) is 5.82 Å². The van der Waals surface area contributed by atoms with Crippen LogP contribution in [0.25, 0.3) is 11.4 Å². The van der Waals surface area contributed by atoms with Crippen molar-refractivity contribution in [2.75, 3.05) is 11.9 Å². The van der Waals surface area contributed by atoms with E-state index in [4.69, 9.17) is 0 Å². The molecule has 0 saturated heterocycles. The van der Waals surface area contributed by atoms with Crippen LogP contribution in [0.4, 0.5) is 10.2 Å². The van der Waals surface area contributed by atoms with E-state index in [1.165, 1.54) is 0 Å².